The van der Waals surface area contributed by atoms with Crippen LogP contribution in [0.1, 0.15) is 27.4 Å². The number of nitrogens with zero attached hydrogens (tertiary/aromatic N) is 2. The van der Waals surface area contributed by atoms with Crippen molar-refractivity contribution in [1.29, 1.82) is 0 Å². The Balaban J connectivity index is 1.62. The molecular weight excluding hydrogens is 352 g/mol. The summed E-state index contributed by atoms with van der Waals surface area (Å²) in [5, 5.41) is 6.13. The standard InChI is InChI=1S/C22H24N4O2/c1-15-7-9-18(10-8-15)26-21-14-20(24-16(2)25-21)22(27)23-12-11-17-5-4-6-19(13-17)28-3/h4-10,13-14H,11-12H2,1-3H3,(H,23,27)(H,24,25,26). The average Bonchev–Trinajstić information content (AvgIpc) is 2.69. The Morgan fingerprint density at radius 2 is 1.82 bits per heavy atom. The lowest BCUT2D eigenvalue weighted by molar-refractivity contribution is 0.0949. The SMILES string of the molecule is COc1cccc(CCNC(=O)c2cc(Nc3ccc(C)cc3)nc(C)n2)c1. The number of ether oxygens (including phenoxy) is 1. The second-order valence-corrected chi connectivity index (χ2v) is 6.53. The zero-order valence-electron chi connectivity index (χ0n) is 16.3. The van der Waals surface area contributed by atoms with Crippen molar-refractivity contribution in [3.05, 3.63) is 77.2 Å². The molecule has 1 heterocycles. The van der Waals surface area contributed by atoms with Crippen LogP contribution in [0.4, 0.5) is 11.5 Å². The van der Waals surface area contributed by atoms with E-state index >= 15 is 0 Å². The van der Waals surface area contributed by atoms with Gasteiger partial charge in [0.15, 0.2) is 0 Å². The summed E-state index contributed by atoms with van der Waals surface area (Å²) in [5.41, 5.74) is 3.53. The molecule has 1 amide bonds. The number of anilines is 2. The molecule has 0 aliphatic heterocycles. The lowest BCUT2D eigenvalue weighted by Crippen LogP contribution is -2.27. The summed E-state index contributed by atoms with van der Waals surface area (Å²) in [7, 11) is 1.64. The Hall–Kier alpha value is -3.41. The van der Waals surface area contributed by atoms with Gasteiger partial charge in [-0.3, -0.25) is 4.79 Å². The van der Waals surface area contributed by atoms with E-state index in [1.54, 1.807) is 20.1 Å². The third kappa shape index (κ3) is 5.30. The molecule has 0 radical (unpaired) electrons. The second kappa shape index (κ2) is 8.99. The lowest BCUT2D eigenvalue weighted by Gasteiger charge is -2.10. The van der Waals surface area contributed by atoms with E-state index < -0.39 is 0 Å². The molecule has 6 nitrogen and oxygen atoms in total. The maximum atomic E-state index is 12.5. The fraction of sp³-hybridized carbons (Fsp3) is 0.227. The number of methoxy groups -OCH3 is 1. The number of nitrogens with one attached hydrogen (secondary N) is 2. The molecule has 0 saturated heterocycles. The van der Waals surface area contributed by atoms with E-state index in [-0.39, 0.29) is 5.91 Å². The molecule has 2 N–H and O–H groups in total. The van der Waals surface area contributed by atoms with Crippen LogP contribution in [-0.2, 0) is 6.42 Å². The summed E-state index contributed by atoms with van der Waals surface area (Å²) >= 11 is 0. The maximum Gasteiger partial charge on any atom is 0.270 e. The third-order valence-corrected chi connectivity index (χ3v) is 4.23. The Labute approximate surface area is 165 Å². The minimum atomic E-state index is -0.222. The summed E-state index contributed by atoms with van der Waals surface area (Å²) < 4.78 is 5.22. The van der Waals surface area contributed by atoms with Gasteiger partial charge in [0.2, 0.25) is 0 Å². The molecule has 3 aromatic rings. The van der Waals surface area contributed by atoms with Crippen LogP contribution in [0, 0.1) is 13.8 Å². The van der Waals surface area contributed by atoms with E-state index in [2.05, 4.69) is 20.6 Å². The topological polar surface area (TPSA) is 76.1 Å². The first-order valence-corrected chi connectivity index (χ1v) is 9.14. The summed E-state index contributed by atoms with van der Waals surface area (Å²) in [6, 6.07) is 17.4. The molecule has 0 atom stereocenters. The second-order valence-electron chi connectivity index (χ2n) is 6.53. The molecule has 0 aliphatic rings. The first-order chi connectivity index (χ1) is 13.5. The molecule has 0 saturated carbocycles. The van der Waals surface area contributed by atoms with Gasteiger partial charge in [0, 0.05) is 18.3 Å². The predicted molar refractivity (Wildman–Crippen MR) is 110 cm³/mol. The largest absolute Gasteiger partial charge is 0.497 e. The van der Waals surface area contributed by atoms with E-state index in [1.807, 2.05) is 55.5 Å². The third-order valence-electron chi connectivity index (χ3n) is 4.23. The maximum absolute atomic E-state index is 12.5. The number of hydrogen-bond acceptors (Lipinski definition) is 5. The van der Waals surface area contributed by atoms with Crippen LogP contribution in [0.5, 0.6) is 5.75 Å². The molecule has 0 aliphatic carbocycles. The van der Waals surface area contributed by atoms with Gasteiger partial charge in [0.1, 0.15) is 23.1 Å². The number of rotatable bonds is 7. The molecule has 6 heteroatoms. The first-order valence-electron chi connectivity index (χ1n) is 9.14. The van der Waals surface area contributed by atoms with Crippen molar-refractivity contribution in [2.75, 3.05) is 19.0 Å². The molecule has 144 valence electrons. The number of carbonyl (C=O) groups excluding carboxylic acids is 1. The number of amides is 1. The first kappa shape index (κ1) is 19.4. The van der Waals surface area contributed by atoms with Crippen molar-refractivity contribution in [2.45, 2.75) is 20.3 Å². The molecule has 28 heavy (non-hydrogen) atoms. The van der Waals surface area contributed by atoms with Crippen LogP contribution >= 0.6 is 0 Å². The van der Waals surface area contributed by atoms with Crippen LogP contribution in [0.3, 0.4) is 0 Å². The van der Waals surface area contributed by atoms with Crippen molar-refractivity contribution >= 4 is 17.4 Å². The molecule has 3 rings (SSSR count). The Morgan fingerprint density at radius 3 is 2.57 bits per heavy atom. The quantitative estimate of drug-likeness (QED) is 0.656. The van der Waals surface area contributed by atoms with E-state index in [9.17, 15) is 4.79 Å². The van der Waals surface area contributed by atoms with Gasteiger partial charge in [0.25, 0.3) is 5.91 Å². The highest BCUT2D eigenvalue weighted by Gasteiger charge is 2.10. The molecular formula is C22H24N4O2. The van der Waals surface area contributed by atoms with Gasteiger partial charge < -0.3 is 15.4 Å². The molecule has 0 fully saturated rings. The number of aryl methyl sites for hydroxylation is 2. The monoisotopic (exact) mass is 376 g/mol. The summed E-state index contributed by atoms with van der Waals surface area (Å²) in [5.74, 6) is 1.71. The smallest absolute Gasteiger partial charge is 0.270 e. The van der Waals surface area contributed by atoms with Gasteiger partial charge in [-0.05, 0) is 50.1 Å². The summed E-state index contributed by atoms with van der Waals surface area (Å²) in [4.78, 5) is 21.1. The zero-order chi connectivity index (χ0) is 19.9. The van der Waals surface area contributed by atoms with Crippen molar-refractivity contribution in [2.24, 2.45) is 0 Å². The van der Waals surface area contributed by atoms with Crippen molar-refractivity contribution in [3.8, 4) is 5.75 Å². The number of benzene rings is 2. The minimum Gasteiger partial charge on any atom is -0.497 e. The van der Waals surface area contributed by atoms with E-state index in [4.69, 9.17) is 4.74 Å². The van der Waals surface area contributed by atoms with Gasteiger partial charge in [-0.15, -0.1) is 0 Å². The molecule has 1 aromatic heterocycles. The minimum absolute atomic E-state index is 0.222. The van der Waals surface area contributed by atoms with Gasteiger partial charge in [-0.1, -0.05) is 29.8 Å². The lowest BCUT2D eigenvalue weighted by atomic mass is 10.1. The van der Waals surface area contributed by atoms with Gasteiger partial charge in [-0.2, -0.15) is 0 Å². The van der Waals surface area contributed by atoms with E-state index in [0.717, 1.165) is 17.0 Å². The fourth-order valence-electron chi connectivity index (χ4n) is 2.77. The summed E-state index contributed by atoms with van der Waals surface area (Å²) in [6.45, 7) is 4.32. The van der Waals surface area contributed by atoms with E-state index in [1.165, 1.54) is 5.56 Å². The van der Waals surface area contributed by atoms with Crippen LogP contribution in [-0.4, -0.2) is 29.5 Å². The number of hydrogen-bond donors (Lipinski definition) is 2. The Kier molecular flexibility index (Phi) is 6.22. The van der Waals surface area contributed by atoms with E-state index in [0.29, 0.717) is 30.3 Å². The normalized spacial score (nSPS) is 10.4. The highest BCUT2D eigenvalue weighted by atomic mass is 16.5. The number of carbonyl (C=O) groups is 1. The highest BCUT2D eigenvalue weighted by Crippen LogP contribution is 2.16. The molecule has 0 unspecified atom stereocenters. The molecule has 2 aromatic carbocycles. The Morgan fingerprint density at radius 1 is 1.04 bits per heavy atom. The highest BCUT2D eigenvalue weighted by molar-refractivity contribution is 5.93. The van der Waals surface area contributed by atoms with Crippen LogP contribution in [0.25, 0.3) is 0 Å². The average molecular weight is 376 g/mol. The molecule has 0 bridgehead atoms. The number of aromatic nitrogens is 2. The van der Waals surface area contributed by atoms with Crippen LogP contribution in [0.15, 0.2) is 54.6 Å². The van der Waals surface area contributed by atoms with Gasteiger partial charge >= 0.3 is 0 Å². The molecule has 0 spiro atoms. The van der Waals surface area contributed by atoms with Crippen LogP contribution < -0.4 is 15.4 Å². The van der Waals surface area contributed by atoms with Gasteiger partial charge in [0.05, 0.1) is 7.11 Å². The van der Waals surface area contributed by atoms with Crippen molar-refractivity contribution < 1.29 is 9.53 Å². The van der Waals surface area contributed by atoms with Crippen LogP contribution in [0.2, 0.25) is 0 Å². The van der Waals surface area contributed by atoms with Crippen molar-refractivity contribution in [1.82, 2.24) is 15.3 Å². The predicted octanol–water partition coefficient (Wildman–Crippen LogP) is 3.82. The fourth-order valence-corrected chi connectivity index (χ4v) is 2.77. The van der Waals surface area contributed by atoms with Gasteiger partial charge in [-0.25, -0.2) is 9.97 Å². The zero-order valence-corrected chi connectivity index (χ0v) is 16.3. The van der Waals surface area contributed by atoms with Crippen molar-refractivity contribution in [3.63, 3.8) is 0 Å². The Bertz CT molecular complexity index is 955. The summed E-state index contributed by atoms with van der Waals surface area (Å²) in [6.07, 6.45) is 0.710.